The minimum absolute atomic E-state index is 0.0238. The molecule has 39 heavy (non-hydrogen) atoms. The molecule has 1 aliphatic heterocycles. The first-order valence-corrected chi connectivity index (χ1v) is 14.6. The zero-order valence-corrected chi connectivity index (χ0v) is 22.6. The summed E-state index contributed by atoms with van der Waals surface area (Å²) >= 11 is 0. The molecule has 3 aliphatic rings. The molecule has 2 aromatic heterocycles. The largest absolute Gasteiger partial charge is 0.484 e. The van der Waals surface area contributed by atoms with Gasteiger partial charge in [0.25, 0.3) is 5.91 Å². The number of anilines is 2. The van der Waals surface area contributed by atoms with Crippen LogP contribution in [0.4, 0.5) is 11.8 Å². The minimum atomic E-state index is 0.0238. The smallest absolute Gasteiger partial charge is 0.260 e. The van der Waals surface area contributed by atoms with Crippen LogP contribution in [-0.2, 0) is 4.79 Å². The number of nitrogens with one attached hydrogen (secondary N) is 2. The molecule has 0 radical (unpaired) electrons. The molecule has 0 spiro atoms. The van der Waals surface area contributed by atoms with Crippen molar-refractivity contribution < 1.29 is 9.53 Å². The fraction of sp³-hybridized carbons (Fsp3) is 0.586. The number of likely N-dealkylation sites (tertiary alicyclic amines) is 1. The third kappa shape index (κ3) is 6.11. The number of hydrogen-bond donors (Lipinski definition) is 3. The Kier molecular flexibility index (Phi) is 7.81. The van der Waals surface area contributed by atoms with Crippen LogP contribution in [0.5, 0.6) is 5.75 Å². The van der Waals surface area contributed by atoms with Crippen molar-refractivity contribution in [1.82, 2.24) is 24.4 Å². The van der Waals surface area contributed by atoms with E-state index < -0.39 is 0 Å². The van der Waals surface area contributed by atoms with Crippen molar-refractivity contribution in [2.45, 2.75) is 88.4 Å². The summed E-state index contributed by atoms with van der Waals surface area (Å²) in [4.78, 5) is 29.3. The van der Waals surface area contributed by atoms with Crippen LogP contribution in [0.2, 0.25) is 0 Å². The predicted molar refractivity (Wildman–Crippen MR) is 152 cm³/mol. The Bertz CT molecular complexity index is 1240. The van der Waals surface area contributed by atoms with Crippen molar-refractivity contribution in [3.8, 4) is 5.75 Å². The van der Waals surface area contributed by atoms with Gasteiger partial charge in [0.05, 0.1) is 6.33 Å². The molecule has 1 aromatic carbocycles. The van der Waals surface area contributed by atoms with Gasteiger partial charge in [0, 0.05) is 37.3 Å². The van der Waals surface area contributed by atoms with Gasteiger partial charge in [-0.1, -0.05) is 31.0 Å². The second-order valence-electron chi connectivity index (χ2n) is 11.3. The topological polar surface area (TPSA) is 123 Å². The van der Waals surface area contributed by atoms with Crippen molar-refractivity contribution >= 4 is 28.8 Å². The average molecular weight is 533 g/mol. The SMILES string of the molecule is N[C@H]1CC[C@H](Nc2nc(NC3CCN(C(=O)COc4ccccc4)CC3)c3ncn(C4CCCC4)c3n2)CC1. The number of para-hydroxylation sites is 1. The van der Waals surface area contributed by atoms with E-state index in [0.29, 0.717) is 42.9 Å². The molecule has 6 rings (SSSR count). The van der Waals surface area contributed by atoms with E-state index in [1.807, 2.05) is 41.6 Å². The number of imidazole rings is 1. The molecule has 3 heterocycles. The molecule has 0 atom stereocenters. The van der Waals surface area contributed by atoms with Crippen molar-refractivity contribution in [3.05, 3.63) is 36.7 Å². The molecule has 2 saturated carbocycles. The van der Waals surface area contributed by atoms with Crippen LogP contribution in [0.3, 0.4) is 0 Å². The van der Waals surface area contributed by atoms with E-state index >= 15 is 0 Å². The summed E-state index contributed by atoms with van der Waals surface area (Å²) in [7, 11) is 0. The Hall–Kier alpha value is -3.40. The molecule has 3 fully saturated rings. The summed E-state index contributed by atoms with van der Waals surface area (Å²) in [5, 5.41) is 7.28. The van der Waals surface area contributed by atoms with Gasteiger partial charge in [-0.25, -0.2) is 4.98 Å². The van der Waals surface area contributed by atoms with Crippen molar-refractivity contribution in [3.63, 3.8) is 0 Å². The second kappa shape index (κ2) is 11.8. The van der Waals surface area contributed by atoms with E-state index in [1.165, 1.54) is 25.7 Å². The van der Waals surface area contributed by atoms with Gasteiger partial charge in [-0.2, -0.15) is 9.97 Å². The summed E-state index contributed by atoms with van der Waals surface area (Å²) < 4.78 is 7.92. The highest BCUT2D eigenvalue weighted by atomic mass is 16.5. The molecule has 10 nitrogen and oxygen atoms in total. The molecule has 0 unspecified atom stereocenters. The van der Waals surface area contributed by atoms with E-state index in [1.54, 1.807) is 0 Å². The molecule has 4 N–H and O–H groups in total. The van der Waals surface area contributed by atoms with Crippen molar-refractivity contribution in [1.29, 1.82) is 0 Å². The van der Waals surface area contributed by atoms with Gasteiger partial charge in [0.1, 0.15) is 5.75 Å². The maximum Gasteiger partial charge on any atom is 0.260 e. The Labute approximate surface area is 229 Å². The molecule has 2 aliphatic carbocycles. The van der Waals surface area contributed by atoms with Gasteiger partial charge in [0.2, 0.25) is 5.95 Å². The fourth-order valence-corrected chi connectivity index (χ4v) is 6.20. The number of fused-ring (bicyclic) bond motifs is 1. The van der Waals surface area contributed by atoms with Crippen LogP contribution in [0, 0.1) is 0 Å². The van der Waals surface area contributed by atoms with Crippen LogP contribution >= 0.6 is 0 Å². The lowest BCUT2D eigenvalue weighted by Crippen LogP contribution is -2.44. The molecule has 1 saturated heterocycles. The average Bonchev–Trinajstić information content (AvgIpc) is 3.64. The van der Waals surface area contributed by atoms with Crippen LogP contribution in [-0.4, -0.2) is 68.1 Å². The number of carbonyl (C=O) groups is 1. The molecule has 3 aromatic rings. The number of aromatic nitrogens is 4. The van der Waals surface area contributed by atoms with Gasteiger partial charge in [-0.15, -0.1) is 0 Å². The number of hydrogen-bond acceptors (Lipinski definition) is 8. The van der Waals surface area contributed by atoms with Gasteiger partial charge < -0.3 is 30.6 Å². The Morgan fingerprint density at radius 3 is 2.38 bits per heavy atom. The number of piperidine rings is 1. The van der Waals surface area contributed by atoms with E-state index in [0.717, 1.165) is 55.5 Å². The number of amides is 1. The quantitative estimate of drug-likeness (QED) is 0.396. The van der Waals surface area contributed by atoms with Crippen LogP contribution in [0.15, 0.2) is 36.7 Å². The van der Waals surface area contributed by atoms with Gasteiger partial charge in [-0.3, -0.25) is 4.79 Å². The Morgan fingerprint density at radius 2 is 1.64 bits per heavy atom. The summed E-state index contributed by atoms with van der Waals surface area (Å²) in [5.74, 6) is 2.18. The molecular weight excluding hydrogens is 492 g/mol. The number of nitrogens with zero attached hydrogens (tertiary/aromatic N) is 5. The minimum Gasteiger partial charge on any atom is -0.484 e. The first-order chi connectivity index (χ1) is 19.1. The maximum absolute atomic E-state index is 12.7. The highest BCUT2D eigenvalue weighted by molar-refractivity contribution is 5.84. The fourth-order valence-electron chi connectivity index (χ4n) is 6.20. The second-order valence-corrected chi connectivity index (χ2v) is 11.3. The van der Waals surface area contributed by atoms with Crippen LogP contribution in [0.1, 0.15) is 70.3 Å². The maximum atomic E-state index is 12.7. The molecular formula is C29H40N8O2. The number of ether oxygens (including phenoxy) is 1. The molecule has 0 bridgehead atoms. The van der Waals surface area contributed by atoms with E-state index in [4.69, 9.17) is 25.4 Å². The number of carbonyl (C=O) groups excluding carboxylic acids is 1. The summed E-state index contributed by atoms with van der Waals surface area (Å²) in [6.07, 6.45) is 12.6. The molecule has 10 heteroatoms. The standard InChI is InChI=1S/C29H40N8O2/c30-20-10-12-21(13-11-20)33-29-34-27(26-28(35-29)37(19-31-26)23-6-4-5-7-23)32-22-14-16-36(17-15-22)25(38)18-39-24-8-2-1-3-9-24/h1-3,8-9,19-23H,4-7,10-18,30H2,(H2,32,33,34,35)/t20-,21-. The zero-order valence-electron chi connectivity index (χ0n) is 22.6. The summed E-state index contributed by atoms with van der Waals surface area (Å²) in [5.41, 5.74) is 7.86. The lowest BCUT2D eigenvalue weighted by molar-refractivity contribution is -0.134. The first-order valence-electron chi connectivity index (χ1n) is 14.6. The Morgan fingerprint density at radius 1 is 0.923 bits per heavy atom. The van der Waals surface area contributed by atoms with E-state index in [9.17, 15) is 4.79 Å². The first kappa shape index (κ1) is 25.9. The molecule has 208 valence electrons. The normalized spacial score (nSPS) is 22.7. The lowest BCUT2D eigenvalue weighted by atomic mass is 9.92. The highest BCUT2D eigenvalue weighted by Gasteiger charge is 2.27. The number of nitrogens with two attached hydrogens (primary N) is 1. The van der Waals surface area contributed by atoms with E-state index in [2.05, 4.69) is 15.2 Å². The third-order valence-electron chi connectivity index (χ3n) is 8.54. The third-order valence-corrected chi connectivity index (χ3v) is 8.54. The lowest BCUT2D eigenvalue weighted by Gasteiger charge is -2.32. The monoisotopic (exact) mass is 532 g/mol. The van der Waals surface area contributed by atoms with E-state index in [-0.39, 0.29) is 18.6 Å². The zero-order chi connectivity index (χ0) is 26.6. The van der Waals surface area contributed by atoms with Crippen molar-refractivity contribution in [2.75, 3.05) is 30.3 Å². The number of rotatable bonds is 8. The molecule has 1 amide bonds. The van der Waals surface area contributed by atoms with Crippen molar-refractivity contribution in [2.24, 2.45) is 5.73 Å². The van der Waals surface area contributed by atoms with Gasteiger partial charge in [0.15, 0.2) is 23.6 Å². The highest BCUT2D eigenvalue weighted by Crippen LogP contribution is 2.34. The van der Waals surface area contributed by atoms with Crippen LogP contribution < -0.4 is 21.1 Å². The van der Waals surface area contributed by atoms with Gasteiger partial charge in [-0.05, 0) is 63.5 Å². The number of benzene rings is 1. The Balaban J connectivity index is 1.13. The summed E-state index contributed by atoms with van der Waals surface area (Å²) in [6, 6.07) is 10.8. The van der Waals surface area contributed by atoms with Gasteiger partial charge >= 0.3 is 0 Å². The van der Waals surface area contributed by atoms with Crippen LogP contribution in [0.25, 0.3) is 11.2 Å². The predicted octanol–water partition coefficient (Wildman–Crippen LogP) is 4.11. The summed E-state index contributed by atoms with van der Waals surface area (Å²) in [6.45, 7) is 1.44.